The van der Waals surface area contributed by atoms with Gasteiger partial charge in [0.15, 0.2) is 0 Å². The third-order valence-corrected chi connectivity index (χ3v) is 6.32. The molecule has 0 amide bonds. The Kier molecular flexibility index (Phi) is 20.7. The normalized spacial score (nSPS) is 13.4. The van der Waals surface area contributed by atoms with Crippen molar-refractivity contribution >= 4 is 0 Å². The first-order valence-electron chi connectivity index (χ1n) is 13.3. The highest BCUT2D eigenvalue weighted by atomic mass is 16.5. The van der Waals surface area contributed by atoms with E-state index in [1.807, 2.05) is 0 Å². The fraction of sp³-hybridized carbons (Fsp3) is 0.929. The molecule has 0 saturated carbocycles. The second kappa shape index (κ2) is 21.0. The standard InChI is InChI=1S/C28H56O/c1-6-8-9-10-11-12-13-14-15-16-17-18-19-20-21-22-26-29-28(4,5)25-23-24-27(3)7-2/h14-15,27H,6-13,16-26H2,1-5H3/b15-14+. The molecule has 0 N–H and O–H groups in total. The fourth-order valence-corrected chi connectivity index (χ4v) is 3.85. The van der Waals surface area contributed by atoms with Crippen LogP contribution < -0.4 is 0 Å². The van der Waals surface area contributed by atoms with Crippen molar-refractivity contribution in [1.29, 1.82) is 0 Å². The molecule has 0 aliphatic carbocycles. The molecule has 174 valence electrons. The Labute approximate surface area is 185 Å². The minimum absolute atomic E-state index is 0.0648. The predicted octanol–water partition coefficient (Wildman–Crippen LogP) is 10.0. The zero-order chi connectivity index (χ0) is 21.6. The van der Waals surface area contributed by atoms with Crippen LogP contribution in [0.3, 0.4) is 0 Å². The molecule has 0 aromatic rings. The summed E-state index contributed by atoms with van der Waals surface area (Å²) in [4.78, 5) is 0. The minimum Gasteiger partial charge on any atom is -0.376 e. The van der Waals surface area contributed by atoms with Gasteiger partial charge in [-0.25, -0.2) is 0 Å². The van der Waals surface area contributed by atoms with Crippen LogP contribution in [0.1, 0.15) is 150 Å². The minimum atomic E-state index is 0.0648. The SMILES string of the molecule is CCCCCCCC/C=C/CCCCCCCCOC(C)(C)CCCC(C)CC. The van der Waals surface area contributed by atoms with Gasteiger partial charge >= 0.3 is 0 Å². The molecule has 0 radical (unpaired) electrons. The van der Waals surface area contributed by atoms with E-state index < -0.39 is 0 Å². The molecule has 29 heavy (non-hydrogen) atoms. The lowest BCUT2D eigenvalue weighted by molar-refractivity contribution is -0.0271. The Hall–Kier alpha value is -0.300. The summed E-state index contributed by atoms with van der Waals surface area (Å²) in [5.41, 5.74) is 0.0648. The van der Waals surface area contributed by atoms with Crippen LogP contribution in [-0.2, 0) is 4.74 Å². The van der Waals surface area contributed by atoms with Crippen LogP contribution in [0.5, 0.6) is 0 Å². The topological polar surface area (TPSA) is 9.23 Å². The third kappa shape index (κ3) is 22.2. The first kappa shape index (κ1) is 28.7. The molecule has 0 aliphatic heterocycles. The van der Waals surface area contributed by atoms with Crippen molar-refractivity contribution in [2.24, 2.45) is 5.92 Å². The monoisotopic (exact) mass is 408 g/mol. The van der Waals surface area contributed by atoms with Gasteiger partial charge in [-0.1, -0.05) is 110 Å². The van der Waals surface area contributed by atoms with Crippen LogP contribution >= 0.6 is 0 Å². The Morgan fingerprint density at radius 3 is 1.76 bits per heavy atom. The Bertz CT molecular complexity index is 344. The van der Waals surface area contributed by atoms with E-state index >= 15 is 0 Å². The molecule has 0 spiro atoms. The molecule has 0 saturated heterocycles. The van der Waals surface area contributed by atoms with Crippen molar-refractivity contribution in [3.8, 4) is 0 Å². The summed E-state index contributed by atoms with van der Waals surface area (Å²) in [6, 6.07) is 0. The summed E-state index contributed by atoms with van der Waals surface area (Å²) >= 11 is 0. The zero-order valence-electron chi connectivity index (χ0n) is 21.1. The van der Waals surface area contributed by atoms with Crippen molar-refractivity contribution in [3.63, 3.8) is 0 Å². The van der Waals surface area contributed by atoms with E-state index in [4.69, 9.17) is 4.74 Å². The van der Waals surface area contributed by atoms with Gasteiger partial charge in [0.05, 0.1) is 5.60 Å². The van der Waals surface area contributed by atoms with E-state index in [1.54, 1.807) is 0 Å². The molecule has 0 rings (SSSR count). The van der Waals surface area contributed by atoms with Gasteiger partial charge in [-0.05, 0) is 58.3 Å². The van der Waals surface area contributed by atoms with Gasteiger partial charge in [-0.15, -0.1) is 0 Å². The van der Waals surface area contributed by atoms with Crippen LogP contribution in [0.2, 0.25) is 0 Å². The molecule has 0 heterocycles. The maximum absolute atomic E-state index is 6.15. The van der Waals surface area contributed by atoms with E-state index in [0.717, 1.165) is 12.5 Å². The van der Waals surface area contributed by atoms with Gasteiger partial charge in [0, 0.05) is 6.61 Å². The molecular weight excluding hydrogens is 352 g/mol. The largest absolute Gasteiger partial charge is 0.376 e. The van der Waals surface area contributed by atoms with Crippen molar-refractivity contribution < 1.29 is 4.74 Å². The van der Waals surface area contributed by atoms with Crippen LogP contribution in [0.15, 0.2) is 12.2 Å². The number of ether oxygens (including phenoxy) is 1. The van der Waals surface area contributed by atoms with Crippen LogP contribution in [-0.4, -0.2) is 12.2 Å². The lowest BCUT2D eigenvalue weighted by atomic mass is 9.95. The molecular formula is C28H56O. The summed E-state index contributed by atoms with van der Waals surface area (Å²) in [7, 11) is 0. The highest BCUT2D eigenvalue weighted by Gasteiger charge is 2.17. The molecule has 1 unspecified atom stereocenters. The molecule has 0 fully saturated rings. The van der Waals surface area contributed by atoms with E-state index in [9.17, 15) is 0 Å². The van der Waals surface area contributed by atoms with Gasteiger partial charge < -0.3 is 4.74 Å². The van der Waals surface area contributed by atoms with E-state index in [-0.39, 0.29) is 5.60 Å². The second-order valence-electron chi connectivity index (χ2n) is 9.95. The predicted molar refractivity (Wildman–Crippen MR) is 133 cm³/mol. The summed E-state index contributed by atoms with van der Waals surface area (Å²) in [6.45, 7) is 12.4. The van der Waals surface area contributed by atoms with E-state index in [0.29, 0.717) is 0 Å². The quantitative estimate of drug-likeness (QED) is 0.128. The van der Waals surface area contributed by atoms with Gasteiger partial charge in [-0.3, -0.25) is 0 Å². The molecule has 0 aromatic heterocycles. The average Bonchev–Trinajstić information content (AvgIpc) is 2.70. The lowest BCUT2D eigenvalue weighted by Crippen LogP contribution is -2.25. The van der Waals surface area contributed by atoms with Crippen molar-refractivity contribution in [2.75, 3.05) is 6.61 Å². The zero-order valence-corrected chi connectivity index (χ0v) is 21.1. The maximum atomic E-state index is 6.15. The second-order valence-corrected chi connectivity index (χ2v) is 9.95. The maximum Gasteiger partial charge on any atom is 0.0626 e. The summed E-state index contributed by atoms with van der Waals surface area (Å²) in [5, 5.41) is 0. The fourth-order valence-electron chi connectivity index (χ4n) is 3.85. The molecule has 0 aromatic carbocycles. The average molecular weight is 409 g/mol. The first-order chi connectivity index (χ1) is 14.0. The summed E-state index contributed by atoms with van der Waals surface area (Å²) in [5.74, 6) is 0.863. The summed E-state index contributed by atoms with van der Waals surface area (Å²) < 4.78 is 6.15. The van der Waals surface area contributed by atoms with E-state index in [1.165, 1.54) is 116 Å². The van der Waals surface area contributed by atoms with Crippen LogP contribution in [0.4, 0.5) is 0 Å². The van der Waals surface area contributed by atoms with Gasteiger partial charge in [0.1, 0.15) is 0 Å². The van der Waals surface area contributed by atoms with Crippen LogP contribution in [0.25, 0.3) is 0 Å². The molecule has 1 heteroatoms. The van der Waals surface area contributed by atoms with Crippen molar-refractivity contribution in [1.82, 2.24) is 0 Å². The lowest BCUT2D eigenvalue weighted by Gasteiger charge is -2.26. The number of rotatable bonds is 22. The Morgan fingerprint density at radius 1 is 0.690 bits per heavy atom. The number of allylic oxidation sites excluding steroid dienone is 2. The van der Waals surface area contributed by atoms with Crippen molar-refractivity contribution in [2.45, 2.75) is 156 Å². The molecule has 1 nitrogen and oxygen atoms in total. The molecule has 0 aliphatic rings. The Morgan fingerprint density at radius 2 is 1.21 bits per heavy atom. The summed E-state index contributed by atoms with van der Waals surface area (Å²) in [6.07, 6.45) is 29.1. The highest BCUT2D eigenvalue weighted by molar-refractivity contribution is 4.81. The first-order valence-corrected chi connectivity index (χ1v) is 13.3. The molecule has 0 bridgehead atoms. The third-order valence-electron chi connectivity index (χ3n) is 6.32. The smallest absolute Gasteiger partial charge is 0.0626 e. The van der Waals surface area contributed by atoms with Crippen molar-refractivity contribution in [3.05, 3.63) is 12.2 Å². The van der Waals surface area contributed by atoms with Gasteiger partial charge in [-0.2, -0.15) is 0 Å². The van der Waals surface area contributed by atoms with E-state index in [2.05, 4.69) is 46.8 Å². The highest BCUT2D eigenvalue weighted by Crippen LogP contribution is 2.21. The molecule has 1 atom stereocenters. The number of unbranched alkanes of at least 4 members (excludes halogenated alkanes) is 12. The number of hydrogen-bond acceptors (Lipinski definition) is 1. The van der Waals surface area contributed by atoms with Gasteiger partial charge in [0.2, 0.25) is 0 Å². The van der Waals surface area contributed by atoms with Gasteiger partial charge in [0.25, 0.3) is 0 Å². The van der Waals surface area contributed by atoms with Crippen LogP contribution in [0, 0.1) is 5.92 Å². The number of hydrogen-bond donors (Lipinski definition) is 0. The Balaban J connectivity index is 3.33.